The lowest BCUT2D eigenvalue weighted by Crippen LogP contribution is -2.29. The highest BCUT2D eigenvalue weighted by atomic mass is 16.8. The fourth-order valence-electron chi connectivity index (χ4n) is 1.02. The molecule has 0 aliphatic carbocycles. The highest BCUT2D eigenvalue weighted by Gasteiger charge is 2.47. The number of carbonyl (C=O) groups excluding carboxylic acids is 1. The van der Waals surface area contributed by atoms with Gasteiger partial charge in [0.1, 0.15) is 0 Å². The topological polar surface area (TPSA) is 35.5 Å². The normalized spacial score (nSPS) is 24.0. The molecule has 1 aliphatic rings. The summed E-state index contributed by atoms with van der Waals surface area (Å²) >= 11 is 0. The second-order valence-electron chi connectivity index (χ2n) is 3.40. The summed E-state index contributed by atoms with van der Waals surface area (Å²) < 4.78 is 10.2. The summed E-state index contributed by atoms with van der Waals surface area (Å²) in [5.41, 5.74) is -0.774. The van der Waals surface area contributed by atoms with Crippen molar-refractivity contribution in [2.75, 3.05) is 0 Å². The minimum Gasteiger partial charge on any atom is -0.432 e. The van der Waals surface area contributed by atoms with E-state index in [1.165, 1.54) is 0 Å². The van der Waals surface area contributed by atoms with Crippen molar-refractivity contribution in [3.8, 4) is 0 Å². The highest BCUT2D eigenvalue weighted by molar-refractivity contribution is 5.80. The third-order valence-corrected chi connectivity index (χ3v) is 1.33. The van der Waals surface area contributed by atoms with Crippen LogP contribution in [0.5, 0.6) is 0 Å². The lowest BCUT2D eigenvalue weighted by Gasteiger charge is -2.17. The predicted molar refractivity (Wildman–Crippen MR) is 46.7 cm³/mol. The summed E-state index contributed by atoms with van der Waals surface area (Å²) in [4.78, 5) is 11.0. The van der Waals surface area contributed by atoms with Crippen molar-refractivity contribution in [3.63, 3.8) is 0 Å². The van der Waals surface area contributed by atoms with Crippen LogP contribution in [0.4, 0.5) is 0 Å². The predicted octanol–water partition coefficient (Wildman–Crippen LogP) is 2.10. The van der Waals surface area contributed by atoms with E-state index >= 15 is 0 Å². The molecule has 0 saturated carbocycles. The van der Waals surface area contributed by atoms with Crippen LogP contribution >= 0.6 is 0 Å². The molecule has 0 aromatic rings. The summed E-state index contributed by atoms with van der Waals surface area (Å²) in [7, 11) is 0. The maximum absolute atomic E-state index is 11.0. The van der Waals surface area contributed by atoms with Crippen LogP contribution < -0.4 is 0 Å². The Bertz CT molecular complexity index is 171. The van der Waals surface area contributed by atoms with Crippen LogP contribution in [0.2, 0.25) is 0 Å². The molecule has 0 N–H and O–H groups in total. The first-order valence-electron chi connectivity index (χ1n) is 4.27. The van der Waals surface area contributed by atoms with E-state index < -0.39 is 11.4 Å². The number of hydrogen-bond acceptors (Lipinski definition) is 3. The van der Waals surface area contributed by atoms with Gasteiger partial charge in [0.25, 0.3) is 0 Å². The molecule has 0 radical (unpaired) electrons. The lowest BCUT2D eigenvalue weighted by molar-refractivity contribution is -0.163. The van der Waals surface area contributed by atoms with Gasteiger partial charge in [-0.3, -0.25) is 0 Å². The van der Waals surface area contributed by atoms with Crippen LogP contribution in [-0.2, 0) is 14.3 Å². The maximum Gasteiger partial charge on any atom is 0.340 e. The maximum atomic E-state index is 11.0. The van der Waals surface area contributed by atoms with E-state index in [0.717, 1.165) is 0 Å². The van der Waals surface area contributed by atoms with Gasteiger partial charge in [0.15, 0.2) is 5.60 Å². The van der Waals surface area contributed by atoms with E-state index in [1.54, 1.807) is 27.7 Å². The van der Waals surface area contributed by atoms with Gasteiger partial charge in [-0.05, 0) is 13.8 Å². The van der Waals surface area contributed by atoms with Gasteiger partial charge in [-0.25, -0.2) is 4.79 Å². The molecule has 0 spiro atoms. The molecular formula is C9H18O3. The Hall–Kier alpha value is -0.570. The average Bonchev–Trinajstić information content (AvgIpc) is 2.05. The molecule has 72 valence electrons. The zero-order valence-corrected chi connectivity index (χ0v) is 8.72. The molecule has 0 amide bonds. The summed E-state index contributed by atoms with van der Waals surface area (Å²) in [6.45, 7) is 10.8. The van der Waals surface area contributed by atoms with Gasteiger partial charge in [-0.15, -0.1) is 0 Å². The second kappa shape index (κ2) is 3.44. The molecule has 12 heavy (non-hydrogen) atoms. The van der Waals surface area contributed by atoms with Crippen LogP contribution in [0.1, 0.15) is 41.5 Å². The van der Waals surface area contributed by atoms with Crippen LogP contribution in [0.3, 0.4) is 0 Å². The molecule has 0 unspecified atom stereocenters. The molecule has 3 heteroatoms. The molecule has 0 aromatic heterocycles. The Labute approximate surface area is 74.0 Å². The minimum absolute atomic E-state index is 0.294. The molecule has 0 atom stereocenters. The number of cyclic esters (lactones) is 1. The van der Waals surface area contributed by atoms with Crippen molar-refractivity contribution in [2.45, 2.75) is 52.9 Å². The van der Waals surface area contributed by atoms with Crippen LogP contribution in [0.15, 0.2) is 0 Å². The third kappa shape index (κ3) is 2.48. The summed E-state index contributed by atoms with van der Waals surface area (Å²) in [6, 6.07) is 0. The summed E-state index contributed by atoms with van der Waals surface area (Å²) in [5.74, 6) is -1.04. The summed E-state index contributed by atoms with van der Waals surface area (Å²) in [5, 5.41) is 0. The fourth-order valence-corrected chi connectivity index (χ4v) is 1.02. The van der Waals surface area contributed by atoms with Crippen molar-refractivity contribution in [2.24, 2.45) is 0 Å². The lowest BCUT2D eigenvalue weighted by atomic mass is 10.1. The molecule has 0 bridgehead atoms. The molecule has 1 fully saturated rings. The van der Waals surface area contributed by atoms with Gasteiger partial charge >= 0.3 is 5.97 Å². The van der Waals surface area contributed by atoms with E-state index in [0.29, 0.717) is 0 Å². The summed E-state index contributed by atoms with van der Waals surface area (Å²) in [6.07, 6.45) is 0. The van der Waals surface area contributed by atoms with Gasteiger partial charge in [-0.2, -0.15) is 0 Å². The first kappa shape index (κ1) is 11.4. The molecule has 1 aliphatic heterocycles. The SMILES string of the molecule is CC.CC1(C)OC(=O)C(C)(C)O1. The van der Waals surface area contributed by atoms with E-state index in [2.05, 4.69) is 0 Å². The average molecular weight is 174 g/mol. The molecule has 1 saturated heterocycles. The smallest absolute Gasteiger partial charge is 0.340 e. The molecule has 1 rings (SSSR count). The van der Waals surface area contributed by atoms with Gasteiger partial charge in [-0.1, -0.05) is 13.8 Å². The van der Waals surface area contributed by atoms with Crippen LogP contribution in [0.25, 0.3) is 0 Å². The Balaban J connectivity index is 0.000000561. The Morgan fingerprint density at radius 3 is 1.58 bits per heavy atom. The van der Waals surface area contributed by atoms with Gasteiger partial charge < -0.3 is 9.47 Å². The van der Waals surface area contributed by atoms with Gasteiger partial charge in [0.05, 0.1) is 0 Å². The Kier molecular flexibility index (Phi) is 3.27. The van der Waals surface area contributed by atoms with E-state index in [9.17, 15) is 4.79 Å². The zero-order valence-electron chi connectivity index (χ0n) is 8.72. The Morgan fingerprint density at radius 2 is 1.50 bits per heavy atom. The van der Waals surface area contributed by atoms with Crippen molar-refractivity contribution in [1.29, 1.82) is 0 Å². The van der Waals surface area contributed by atoms with Crippen molar-refractivity contribution >= 4 is 5.97 Å². The highest BCUT2D eigenvalue weighted by Crippen LogP contribution is 2.30. The standard InChI is InChI=1S/C7H12O3.C2H6/c1-6(2)5(8)9-7(3,4)10-6;1-2/h1-4H3;1-2H3. The van der Waals surface area contributed by atoms with Crippen LogP contribution in [0, 0.1) is 0 Å². The molecule has 3 nitrogen and oxygen atoms in total. The van der Waals surface area contributed by atoms with Gasteiger partial charge in [0, 0.05) is 13.8 Å². The molecular weight excluding hydrogens is 156 g/mol. The fraction of sp³-hybridized carbons (Fsp3) is 0.889. The van der Waals surface area contributed by atoms with Gasteiger partial charge in [0.2, 0.25) is 5.79 Å². The quantitative estimate of drug-likeness (QED) is 0.527. The van der Waals surface area contributed by atoms with Crippen molar-refractivity contribution in [1.82, 2.24) is 0 Å². The Morgan fingerprint density at radius 1 is 1.08 bits per heavy atom. The number of carbonyl (C=O) groups is 1. The van der Waals surface area contributed by atoms with E-state index in [1.807, 2.05) is 13.8 Å². The van der Waals surface area contributed by atoms with E-state index in [-0.39, 0.29) is 5.97 Å². The minimum atomic E-state index is -0.774. The monoisotopic (exact) mass is 174 g/mol. The zero-order chi connectivity index (χ0) is 9.99. The van der Waals surface area contributed by atoms with Crippen molar-refractivity contribution in [3.05, 3.63) is 0 Å². The van der Waals surface area contributed by atoms with Crippen molar-refractivity contribution < 1.29 is 14.3 Å². The number of esters is 1. The first-order chi connectivity index (χ1) is 5.33. The number of ether oxygens (including phenoxy) is 2. The molecule has 1 heterocycles. The van der Waals surface area contributed by atoms with E-state index in [4.69, 9.17) is 9.47 Å². The second-order valence-corrected chi connectivity index (χ2v) is 3.40. The first-order valence-corrected chi connectivity index (χ1v) is 4.27. The number of hydrogen-bond donors (Lipinski definition) is 0. The third-order valence-electron chi connectivity index (χ3n) is 1.33. The molecule has 0 aromatic carbocycles. The largest absolute Gasteiger partial charge is 0.432 e. The number of rotatable bonds is 0. The van der Waals surface area contributed by atoms with Crippen LogP contribution in [-0.4, -0.2) is 17.4 Å².